The number of hydrogen-bond acceptors (Lipinski definition) is 4. The first-order valence-electron chi connectivity index (χ1n) is 8.74. The highest BCUT2D eigenvalue weighted by atomic mass is 16.5. The van der Waals surface area contributed by atoms with Gasteiger partial charge in [0.1, 0.15) is 12.7 Å². The van der Waals surface area contributed by atoms with E-state index >= 15 is 0 Å². The molecular weight excluding hydrogens is 318 g/mol. The third kappa shape index (κ3) is 5.29. The number of nitrogens with zero attached hydrogens (tertiary/aromatic N) is 4. The summed E-state index contributed by atoms with van der Waals surface area (Å²) in [6, 6.07) is 10.3. The van der Waals surface area contributed by atoms with Gasteiger partial charge in [-0.25, -0.2) is 9.78 Å². The van der Waals surface area contributed by atoms with Gasteiger partial charge in [-0.3, -0.25) is 4.68 Å². The maximum Gasteiger partial charge on any atom is 0.317 e. The molecule has 1 N–H and O–H groups in total. The van der Waals surface area contributed by atoms with E-state index in [9.17, 15) is 4.79 Å². The summed E-state index contributed by atoms with van der Waals surface area (Å²) >= 11 is 0. The molecule has 2 aromatic rings. The molecule has 0 aliphatic carbocycles. The third-order valence-electron chi connectivity index (χ3n) is 4.32. The predicted octanol–water partition coefficient (Wildman–Crippen LogP) is 1.71. The van der Waals surface area contributed by atoms with Crippen LogP contribution < -0.4 is 5.32 Å². The van der Waals surface area contributed by atoms with Gasteiger partial charge in [0.05, 0.1) is 19.3 Å². The Morgan fingerprint density at radius 2 is 2.24 bits per heavy atom. The van der Waals surface area contributed by atoms with Crippen molar-refractivity contribution in [2.75, 3.05) is 19.7 Å². The van der Waals surface area contributed by atoms with Crippen LogP contribution in [0.1, 0.15) is 18.9 Å². The van der Waals surface area contributed by atoms with Gasteiger partial charge in [0.2, 0.25) is 0 Å². The van der Waals surface area contributed by atoms with Gasteiger partial charge in [0, 0.05) is 19.1 Å². The lowest BCUT2D eigenvalue weighted by atomic mass is 10.1. The van der Waals surface area contributed by atoms with Gasteiger partial charge < -0.3 is 15.0 Å². The van der Waals surface area contributed by atoms with Crippen molar-refractivity contribution in [2.45, 2.75) is 38.5 Å². The van der Waals surface area contributed by atoms with Crippen LogP contribution in [0.5, 0.6) is 0 Å². The van der Waals surface area contributed by atoms with E-state index < -0.39 is 0 Å². The van der Waals surface area contributed by atoms with Crippen LogP contribution in [-0.2, 0) is 17.7 Å². The fourth-order valence-corrected chi connectivity index (χ4v) is 3.01. The minimum absolute atomic E-state index is 0.0141. The summed E-state index contributed by atoms with van der Waals surface area (Å²) in [5.41, 5.74) is 1.30. The van der Waals surface area contributed by atoms with E-state index in [4.69, 9.17) is 4.74 Å². The molecule has 1 aliphatic rings. The first-order valence-corrected chi connectivity index (χ1v) is 8.74. The fraction of sp³-hybridized carbons (Fsp3) is 0.500. The van der Waals surface area contributed by atoms with E-state index in [1.807, 2.05) is 30.0 Å². The van der Waals surface area contributed by atoms with Gasteiger partial charge >= 0.3 is 6.03 Å². The van der Waals surface area contributed by atoms with Gasteiger partial charge in [-0.2, -0.15) is 5.10 Å². The van der Waals surface area contributed by atoms with Crippen LogP contribution in [0.15, 0.2) is 43.0 Å². The second-order valence-corrected chi connectivity index (χ2v) is 6.43. The molecule has 1 aromatic heterocycles. The molecule has 1 aliphatic heterocycles. The van der Waals surface area contributed by atoms with Gasteiger partial charge in [-0.1, -0.05) is 30.3 Å². The first kappa shape index (κ1) is 17.4. The Hall–Kier alpha value is -2.41. The minimum atomic E-state index is -0.0411. The van der Waals surface area contributed by atoms with Gasteiger partial charge in [0.25, 0.3) is 0 Å². The predicted molar refractivity (Wildman–Crippen MR) is 94.1 cm³/mol. The average Bonchev–Trinajstić information content (AvgIpc) is 3.14. The SMILES string of the molecule is C[C@@H](Cn1cncn1)NC(=O)N1CCO[C@@H](CCc2ccccc2)C1. The van der Waals surface area contributed by atoms with Crippen molar-refractivity contribution in [1.29, 1.82) is 0 Å². The molecule has 2 heterocycles. The minimum Gasteiger partial charge on any atom is -0.375 e. The maximum absolute atomic E-state index is 12.5. The summed E-state index contributed by atoms with van der Waals surface area (Å²) in [5, 5.41) is 7.09. The second-order valence-electron chi connectivity index (χ2n) is 6.43. The lowest BCUT2D eigenvalue weighted by Gasteiger charge is -2.33. The monoisotopic (exact) mass is 343 g/mol. The lowest BCUT2D eigenvalue weighted by Crippen LogP contribution is -2.52. The van der Waals surface area contributed by atoms with Crippen molar-refractivity contribution in [3.8, 4) is 0 Å². The number of benzene rings is 1. The zero-order chi connectivity index (χ0) is 17.5. The Morgan fingerprint density at radius 1 is 1.40 bits per heavy atom. The average molecular weight is 343 g/mol. The summed E-state index contributed by atoms with van der Waals surface area (Å²) in [4.78, 5) is 18.2. The third-order valence-corrected chi connectivity index (χ3v) is 4.32. The van der Waals surface area contributed by atoms with Crippen molar-refractivity contribution in [3.05, 3.63) is 48.5 Å². The molecule has 1 fully saturated rings. The number of carbonyl (C=O) groups is 1. The van der Waals surface area contributed by atoms with Crippen LogP contribution in [0.4, 0.5) is 4.79 Å². The number of ether oxygens (including phenoxy) is 1. The summed E-state index contributed by atoms with van der Waals surface area (Å²) in [7, 11) is 0. The molecule has 2 atom stereocenters. The van der Waals surface area contributed by atoms with E-state index in [1.165, 1.54) is 11.9 Å². The van der Waals surface area contributed by atoms with Gasteiger partial charge in [0.15, 0.2) is 0 Å². The summed E-state index contributed by atoms with van der Waals surface area (Å²) in [6.07, 6.45) is 5.11. The Kier molecular flexibility index (Phi) is 6.00. The van der Waals surface area contributed by atoms with Crippen LogP contribution in [0.2, 0.25) is 0 Å². The molecule has 3 rings (SSSR count). The quantitative estimate of drug-likeness (QED) is 0.867. The van der Waals surface area contributed by atoms with Crippen molar-refractivity contribution in [1.82, 2.24) is 25.0 Å². The van der Waals surface area contributed by atoms with Gasteiger partial charge in [-0.05, 0) is 25.3 Å². The number of carbonyl (C=O) groups excluding carboxylic acids is 1. The number of rotatable bonds is 6. The first-order chi connectivity index (χ1) is 12.2. The van der Waals surface area contributed by atoms with Crippen LogP contribution in [0.25, 0.3) is 0 Å². The molecule has 2 amide bonds. The van der Waals surface area contributed by atoms with Crippen LogP contribution >= 0.6 is 0 Å². The zero-order valence-electron chi connectivity index (χ0n) is 14.5. The molecule has 0 spiro atoms. The number of hydrogen-bond donors (Lipinski definition) is 1. The highest BCUT2D eigenvalue weighted by Crippen LogP contribution is 2.13. The molecule has 0 unspecified atom stereocenters. The highest BCUT2D eigenvalue weighted by molar-refractivity contribution is 5.74. The van der Waals surface area contributed by atoms with E-state index in [-0.39, 0.29) is 18.2 Å². The number of aromatic nitrogens is 3. The fourth-order valence-electron chi connectivity index (χ4n) is 3.01. The Bertz CT molecular complexity index is 647. The van der Waals surface area contributed by atoms with Crippen LogP contribution in [0, 0.1) is 0 Å². The molecule has 25 heavy (non-hydrogen) atoms. The van der Waals surface area contributed by atoms with E-state index in [1.54, 1.807) is 11.0 Å². The maximum atomic E-state index is 12.5. The molecule has 1 aromatic carbocycles. The zero-order valence-corrected chi connectivity index (χ0v) is 14.5. The lowest BCUT2D eigenvalue weighted by molar-refractivity contribution is -0.0179. The van der Waals surface area contributed by atoms with E-state index in [0.717, 1.165) is 12.8 Å². The van der Waals surface area contributed by atoms with Crippen LogP contribution in [0.3, 0.4) is 0 Å². The Morgan fingerprint density at radius 3 is 3.00 bits per heavy atom. The van der Waals surface area contributed by atoms with Crippen molar-refractivity contribution in [2.24, 2.45) is 0 Å². The molecule has 134 valence electrons. The van der Waals surface area contributed by atoms with E-state index in [0.29, 0.717) is 26.2 Å². The number of nitrogens with one attached hydrogen (secondary N) is 1. The van der Waals surface area contributed by atoms with E-state index in [2.05, 4.69) is 27.5 Å². The van der Waals surface area contributed by atoms with Crippen molar-refractivity contribution >= 4 is 6.03 Å². The number of amides is 2. The molecule has 7 nitrogen and oxygen atoms in total. The molecular formula is C18H25N5O2. The summed E-state index contributed by atoms with van der Waals surface area (Å²) in [5.74, 6) is 0. The summed E-state index contributed by atoms with van der Waals surface area (Å²) < 4.78 is 7.54. The second kappa shape index (κ2) is 8.62. The Labute approximate surface area is 148 Å². The molecule has 7 heteroatoms. The number of urea groups is 1. The normalized spacial score (nSPS) is 18.8. The number of aryl methyl sites for hydroxylation is 1. The highest BCUT2D eigenvalue weighted by Gasteiger charge is 2.24. The summed E-state index contributed by atoms with van der Waals surface area (Å²) in [6.45, 7) is 4.42. The van der Waals surface area contributed by atoms with Crippen LogP contribution in [-0.4, -0.2) is 57.5 Å². The van der Waals surface area contributed by atoms with Gasteiger partial charge in [-0.15, -0.1) is 0 Å². The number of morpholine rings is 1. The standard InChI is InChI=1S/C18H25N5O2/c1-15(11-23-14-19-13-20-23)21-18(24)22-9-10-25-17(12-22)8-7-16-5-3-2-4-6-16/h2-6,13-15,17H,7-12H2,1H3,(H,21,24)/t15-,17-/m0/s1. The van der Waals surface area contributed by atoms with Crippen molar-refractivity contribution in [3.63, 3.8) is 0 Å². The van der Waals surface area contributed by atoms with Crippen molar-refractivity contribution < 1.29 is 9.53 Å². The Balaban J connectivity index is 1.44. The molecule has 0 saturated carbocycles. The molecule has 1 saturated heterocycles. The molecule has 0 bridgehead atoms. The topological polar surface area (TPSA) is 72.3 Å². The smallest absolute Gasteiger partial charge is 0.317 e. The molecule has 0 radical (unpaired) electrons. The largest absolute Gasteiger partial charge is 0.375 e.